The zero-order valence-corrected chi connectivity index (χ0v) is 11.6. The van der Waals surface area contributed by atoms with E-state index in [1.54, 1.807) is 24.7 Å². The van der Waals surface area contributed by atoms with E-state index in [1.165, 1.54) is 0 Å². The highest BCUT2D eigenvalue weighted by Gasteiger charge is 2.07. The van der Waals surface area contributed by atoms with Gasteiger partial charge in [0.25, 0.3) is 0 Å². The third-order valence-corrected chi connectivity index (χ3v) is 2.63. The van der Waals surface area contributed by atoms with E-state index in [2.05, 4.69) is 10.1 Å². The second-order valence-corrected chi connectivity index (χ2v) is 4.27. The van der Waals surface area contributed by atoms with Crippen molar-refractivity contribution in [2.24, 2.45) is 4.99 Å². The number of benzene rings is 1. The fraction of sp³-hybridized carbons (Fsp3) is 0.267. The molecule has 0 saturated carbocycles. The lowest BCUT2D eigenvalue weighted by Crippen LogP contribution is -2.08. The molecule has 0 fully saturated rings. The van der Waals surface area contributed by atoms with Crippen molar-refractivity contribution in [1.82, 2.24) is 9.78 Å². The highest BCUT2D eigenvalue weighted by molar-refractivity contribution is 5.98. The Morgan fingerprint density at radius 2 is 2.05 bits per heavy atom. The third-order valence-electron chi connectivity index (χ3n) is 2.63. The smallest absolute Gasteiger partial charge is 0.311 e. The summed E-state index contributed by atoms with van der Waals surface area (Å²) < 4.78 is 6.64. The van der Waals surface area contributed by atoms with Crippen molar-refractivity contribution in [1.29, 1.82) is 0 Å². The second-order valence-electron chi connectivity index (χ2n) is 4.27. The van der Waals surface area contributed by atoms with Crippen LogP contribution in [0.15, 0.2) is 47.6 Å². The molecule has 0 bridgehead atoms. The summed E-state index contributed by atoms with van der Waals surface area (Å²) in [6.07, 6.45) is 1.87. The fourth-order valence-corrected chi connectivity index (χ4v) is 1.81. The van der Waals surface area contributed by atoms with Crippen LogP contribution in [-0.4, -0.2) is 28.1 Å². The Hall–Kier alpha value is -2.43. The molecule has 2 aromatic rings. The van der Waals surface area contributed by atoms with Crippen LogP contribution in [0.3, 0.4) is 0 Å². The number of para-hydroxylation sites is 1. The first-order chi connectivity index (χ1) is 9.70. The highest BCUT2D eigenvalue weighted by atomic mass is 16.5. The summed E-state index contributed by atoms with van der Waals surface area (Å²) in [5, 5.41) is 4.25. The lowest BCUT2D eigenvalue weighted by atomic mass is 10.3. The summed E-state index contributed by atoms with van der Waals surface area (Å²) in [5.74, 6) is 0.428. The van der Waals surface area contributed by atoms with Crippen LogP contribution in [0.4, 0.5) is 5.82 Å². The Bertz CT molecular complexity index is 603. The van der Waals surface area contributed by atoms with E-state index in [1.807, 2.05) is 36.4 Å². The SMILES string of the molecule is CCOC(=O)C/C(C)=N/c1ccnn1-c1ccccc1. The first kappa shape index (κ1) is 14.0. The van der Waals surface area contributed by atoms with E-state index >= 15 is 0 Å². The van der Waals surface area contributed by atoms with Gasteiger partial charge in [0.2, 0.25) is 0 Å². The average molecular weight is 271 g/mol. The van der Waals surface area contributed by atoms with Gasteiger partial charge in [0.15, 0.2) is 5.82 Å². The summed E-state index contributed by atoms with van der Waals surface area (Å²) in [6, 6.07) is 11.5. The molecule has 0 radical (unpaired) electrons. The minimum Gasteiger partial charge on any atom is -0.466 e. The minimum atomic E-state index is -0.264. The maximum atomic E-state index is 11.4. The molecule has 0 atom stereocenters. The zero-order valence-electron chi connectivity index (χ0n) is 11.6. The monoisotopic (exact) mass is 271 g/mol. The number of carbonyl (C=O) groups is 1. The fourth-order valence-electron chi connectivity index (χ4n) is 1.81. The Labute approximate surface area is 117 Å². The van der Waals surface area contributed by atoms with E-state index in [4.69, 9.17) is 4.74 Å². The van der Waals surface area contributed by atoms with Gasteiger partial charge in [-0.05, 0) is 26.0 Å². The van der Waals surface area contributed by atoms with Crippen LogP contribution >= 0.6 is 0 Å². The second kappa shape index (κ2) is 6.65. The van der Waals surface area contributed by atoms with Crippen LogP contribution in [-0.2, 0) is 9.53 Å². The zero-order chi connectivity index (χ0) is 14.4. The summed E-state index contributed by atoms with van der Waals surface area (Å²) in [5.41, 5.74) is 1.63. The van der Waals surface area contributed by atoms with Crippen molar-refractivity contribution < 1.29 is 9.53 Å². The molecule has 0 aliphatic heterocycles. The molecule has 104 valence electrons. The molecule has 5 heteroatoms. The Balaban J connectivity index is 2.18. The molecule has 0 aliphatic carbocycles. The number of esters is 1. The molecule has 5 nitrogen and oxygen atoms in total. The molecule has 0 spiro atoms. The molecule has 0 N–H and O–H groups in total. The molecular formula is C15H17N3O2. The molecule has 1 aromatic carbocycles. The third kappa shape index (κ3) is 3.54. The van der Waals surface area contributed by atoms with E-state index in [-0.39, 0.29) is 12.4 Å². The van der Waals surface area contributed by atoms with Gasteiger partial charge in [-0.3, -0.25) is 4.79 Å². The van der Waals surface area contributed by atoms with Gasteiger partial charge in [0.1, 0.15) is 0 Å². The predicted octanol–water partition coefficient (Wildman–Crippen LogP) is 2.92. The molecule has 0 saturated heterocycles. The van der Waals surface area contributed by atoms with Crippen LogP contribution < -0.4 is 0 Å². The quantitative estimate of drug-likeness (QED) is 0.620. The van der Waals surface area contributed by atoms with Gasteiger partial charge < -0.3 is 4.74 Å². The van der Waals surface area contributed by atoms with Crippen LogP contribution in [0.5, 0.6) is 0 Å². The minimum absolute atomic E-state index is 0.188. The summed E-state index contributed by atoms with van der Waals surface area (Å²) >= 11 is 0. The first-order valence-electron chi connectivity index (χ1n) is 6.50. The number of carbonyl (C=O) groups excluding carboxylic acids is 1. The molecule has 0 amide bonds. The van der Waals surface area contributed by atoms with Crippen molar-refractivity contribution in [3.8, 4) is 5.69 Å². The van der Waals surface area contributed by atoms with Gasteiger partial charge in [-0.2, -0.15) is 5.10 Å². The van der Waals surface area contributed by atoms with Crippen molar-refractivity contribution >= 4 is 17.5 Å². The summed E-state index contributed by atoms with van der Waals surface area (Å²) in [6.45, 7) is 3.97. The van der Waals surface area contributed by atoms with Crippen molar-refractivity contribution in [2.75, 3.05) is 6.61 Å². The van der Waals surface area contributed by atoms with Gasteiger partial charge in [-0.15, -0.1) is 0 Å². The highest BCUT2D eigenvalue weighted by Crippen LogP contribution is 2.17. The van der Waals surface area contributed by atoms with Crippen molar-refractivity contribution in [3.63, 3.8) is 0 Å². The number of hydrogen-bond acceptors (Lipinski definition) is 4. The van der Waals surface area contributed by atoms with Gasteiger partial charge in [0.05, 0.1) is 24.9 Å². The number of rotatable bonds is 5. The van der Waals surface area contributed by atoms with E-state index in [0.29, 0.717) is 18.1 Å². The number of nitrogens with zero attached hydrogens (tertiary/aromatic N) is 3. The molecule has 1 heterocycles. The van der Waals surface area contributed by atoms with Gasteiger partial charge >= 0.3 is 5.97 Å². The Kier molecular flexibility index (Phi) is 4.65. The molecule has 20 heavy (non-hydrogen) atoms. The topological polar surface area (TPSA) is 56.5 Å². The number of ether oxygens (including phenoxy) is 1. The average Bonchev–Trinajstić information content (AvgIpc) is 2.87. The predicted molar refractivity (Wildman–Crippen MR) is 77.6 cm³/mol. The van der Waals surface area contributed by atoms with Gasteiger partial charge in [-0.1, -0.05) is 18.2 Å². The number of aromatic nitrogens is 2. The normalized spacial score (nSPS) is 11.4. The summed E-state index contributed by atoms with van der Waals surface area (Å²) in [7, 11) is 0. The van der Waals surface area contributed by atoms with E-state index in [0.717, 1.165) is 5.69 Å². The van der Waals surface area contributed by atoms with Gasteiger partial charge in [-0.25, -0.2) is 9.67 Å². The lowest BCUT2D eigenvalue weighted by Gasteiger charge is -2.05. The number of hydrogen-bond donors (Lipinski definition) is 0. The van der Waals surface area contributed by atoms with Crippen LogP contribution in [0, 0.1) is 0 Å². The number of aliphatic imine (C=N–C) groups is 1. The standard InChI is InChI=1S/C15H17N3O2/c1-3-20-15(19)11-12(2)17-14-9-10-16-18(14)13-7-5-4-6-8-13/h4-10H,3,11H2,1-2H3/b17-12+. The van der Waals surface area contributed by atoms with E-state index in [9.17, 15) is 4.79 Å². The van der Waals surface area contributed by atoms with Crippen LogP contribution in [0.2, 0.25) is 0 Å². The molecule has 0 aliphatic rings. The van der Waals surface area contributed by atoms with Crippen molar-refractivity contribution in [2.45, 2.75) is 20.3 Å². The maximum absolute atomic E-state index is 11.4. The molecular weight excluding hydrogens is 254 g/mol. The summed E-state index contributed by atoms with van der Waals surface area (Å²) in [4.78, 5) is 15.8. The molecule has 0 unspecified atom stereocenters. The maximum Gasteiger partial charge on any atom is 0.311 e. The molecule has 1 aromatic heterocycles. The van der Waals surface area contributed by atoms with Gasteiger partial charge in [0, 0.05) is 11.8 Å². The Morgan fingerprint density at radius 3 is 2.75 bits per heavy atom. The molecule has 2 rings (SSSR count). The largest absolute Gasteiger partial charge is 0.466 e. The van der Waals surface area contributed by atoms with Crippen molar-refractivity contribution in [3.05, 3.63) is 42.6 Å². The Morgan fingerprint density at radius 1 is 1.30 bits per heavy atom. The lowest BCUT2D eigenvalue weighted by molar-refractivity contribution is -0.141. The van der Waals surface area contributed by atoms with Crippen LogP contribution in [0.1, 0.15) is 20.3 Å². The van der Waals surface area contributed by atoms with E-state index < -0.39 is 0 Å². The van der Waals surface area contributed by atoms with Crippen LogP contribution in [0.25, 0.3) is 5.69 Å². The first-order valence-corrected chi connectivity index (χ1v) is 6.50.